The molecule has 0 aromatic heterocycles. The molecule has 11 nitrogen and oxygen atoms in total. The summed E-state index contributed by atoms with van der Waals surface area (Å²) in [4.78, 5) is 68.6. The van der Waals surface area contributed by atoms with E-state index in [-0.39, 0.29) is 22.3 Å². The fourth-order valence-corrected chi connectivity index (χ4v) is 5.96. The molecule has 1 aliphatic heterocycles. The van der Waals surface area contributed by atoms with Crippen LogP contribution in [0.4, 0.5) is 16.2 Å². The van der Waals surface area contributed by atoms with Gasteiger partial charge in [-0.1, -0.05) is 99.6 Å². The second-order valence-electron chi connectivity index (χ2n) is 16.9. The van der Waals surface area contributed by atoms with E-state index in [0.717, 1.165) is 18.4 Å². The molecule has 0 saturated carbocycles. The van der Waals surface area contributed by atoms with Crippen LogP contribution >= 0.6 is 0 Å². The van der Waals surface area contributed by atoms with Gasteiger partial charge >= 0.3 is 6.09 Å². The average molecular weight is 756 g/mol. The maximum absolute atomic E-state index is 14.1. The van der Waals surface area contributed by atoms with Gasteiger partial charge in [-0.2, -0.15) is 0 Å². The number of Topliss-reactive ketones (excluding diaryl/α,β-unsaturated/α-hetero) is 1. The number of imide groups is 1. The fourth-order valence-electron chi connectivity index (χ4n) is 5.96. The predicted molar refractivity (Wildman–Crippen MR) is 214 cm³/mol. The number of cyclic esters (lactones) is 1. The Kier molecular flexibility index (Phi) is 12.6. The molecule has 3 aromatic carbocycles. The molecule has 296 valence electrons. The summed E-state index contributed by atoms with van der Waals surface area (Å²) < 4.78 is 17.8. The van der Waals surface area contributed by atoms with Crippen molar-refractivity contribution >= 4 is 41.0 Å². The Bertz CT molecular complexity index is 1930. The smallest absolute Gasteiger partial charge is 0.418 e. The Morgan fingerprint density at radius 1 is 0.782 bits per heavy atom. The average Bonchev–Trinajstić information content (AvgIpc) is 3.33. The number of ether oxygens (including phenoxy) is 3. The molecule has 1 aliphatic rings. The van der Waals surface area contributed by atoms with E-state index in [1.165, 1.54) is 25.5 Å². The van der Waals surface area contributed by atoms with Crippen LogP contribution in [0.25, 0.3) is 0 Å². The number of amides is 4. The first-order valence-electron chi connectivity index (χ1n) is 19.0. The van der Waals surface area contributed by atoms with Crippen molar-refractivity contribution in [2.75, 3.05) is 10.6 Å². The molecule has 2 unspecified atom stereocenters. The number of nitrogens with zero attached hydrogens (tertiary/aromatic N) is 1. The lowest BCUT2D eigenvalue weighted by Gasteiger charge is -2.31. The monoisotopic (exact) mass is 755 g/mol. The summed E-state index contributed by atoms with van der Waals surface area (Å²) in [6.45, 7) is 22.5. The molecule has 1 saturated heterocycles. The first kappa shape index (κ1) is 42.6. The van der Waals surface area contributed by atoms with Gasteiger partial charge in [0.1, 0.15) is 11.5 Å². The van der Waals surface area contributed by atoms with Crippen LogP contribution in [-0.2, 0) is 34.7 Å². The summed E-state index contributed by atoms with van der Waals surface area (Å²) in [5.74, 6) is -1.60. The number of benzene rings is 3. The number of hydrogen-bond donors (Lipinski definition) is 2. The summed E-state index contributed by atoms with van der Waals surface area (Å²) in [7, 11) is 0. The van der Waals surface area contributed by atoms with E-state index in [0.29, 0.717) is 28.5 Å². The molecule has 4 amide bonds. The van der Waals surface area contributed by atoms with Gasteiger partial charge in [-0.05, 0) is 85.9 Å². The predicted octanol–water partition coefficient (Wildman–Crippen LogP) is 9.33. The van der Waals surface area contributed by atoms with E-state index in [2.05, 4.69) is 64.3 Å². The molecule has 0 aliphatic carbocycles. The van der Waals surface area contributed by atoms with Gasteiger partial charge < -0.3 is 24.8 Å². The van der Waals surface area contributed by atoms with E-state index in [1.54, 1.807) is 57.2 Å². The summed E-state index contributed by atoms with van der Waals surface area (Å²) in [5.41, 5.74) is -0.348. The third-order valence-corrected chi connectivity index (χ3v) is 10.4. The molecule has 1 heterocycles. The lowest BCUT2D eigenvalue weighted by molar-refractivity contribution is -0.145. The SMILES string of the molecule is CCC(Oc1ccc(C(C)(C)CC)cc1C(C)(C)CC)C(=O)Nc1ccc(Oc2ccccc2)c(NC(=O)C(C(=O)C(C)(C)C)N2C(=O)OC(C)(C)C2=O)c1. The topological polar surface area (TPSA) is 140 Å². The molecule has 55 heavy (non-hydrogen) atoms. The Labute approximate surface area is 325 Å². The Morgan fingerprint density at radius 2 is 1.40 bits per heavy atom. The van der Waals surface area contributed by atoms with E-state index >= 15 is 0 Å². The van der Waals surface area contributed by atoms with Crippen molar-refractivity contribution in [2.24, 2.45) is 5.41 Å². The van der Waals surface area contributed by atoms with Crippen LogP contribution in [0, 0.1) is 5.41 Å². The van der Waals surface area contributed by atoms with Crippen molar-refractivity contribution < 1.29 is 38.2 Å². The highest BCUT2D eigenvalue weighted by Gasteiger charge is 2.55. The van der Waals surface area contributed by atoms with Crippen LogP contribution in [0.15, 0.2) is 66.7 Å². The minimum atomic E-state index is -1.85. The minimum Gasteiger partial charge on any atom is -0.480 e. The van der Waals surface area contributed by atoms with Crippen LogP contribution in [-0.4, -0.2) is 52.2 Å². The molecule has 2 atom stereocenters. The van der Waals surface area contributed by atoms with Crippen molar-refractivity contribution in [3.05, 3.63) is 77.9 Å². The quantitative estimate of drug-likeness (QED) is 0.146. The highest BCUT2D eigenvalue weighted by molar-refractivity contribution is 6.19. The van der Waals surface area contributed by atoms with Crippen molar-refractivity contribution in [3.63, 3.8) is 0 Å². The highest BCUT2D eigenvalue weighted by atomic mass is 16.6. The van der Waals surface area contributed by atoms with Crippen LogP contribution in [0.1, 0.15) is 113 Å². The lowest BCUT2D eigenvalue weighted by Crippen LogP contribution is -2.55. The van der Waals surface area contributed by atoms with Gasteiger partial charge in [0.2, 0.25) is 0 Å². The van der Waals surface area contributed by atoms with Crippen molar-refractivity contribution in [1.29, 1.82) is 0 Å². The number of hydrogen-bond acceptors (Lipinski definition) is 8. The van der Waals surface area contributed by atoms with Crippen molar-refractivity contribution in [3.8, 4) is 17.2 Å². The Balaban J connectivity index is 1.70. The number of nitrogens with one attached hydrogen (secondary N) is 2. The van der Waals surface area contributed by atoms with E-state index in [1.807, 2.05) is 19.1 Å². The molecule has 0 bridgehead atoms. The van der Waals surface area contributed by atoms with Gasteiger partial charge in [0.15, 0.2) is 29.3 Å². The molecular formula is C44H57N3O8. The number of carbonyl (C=O) groups excluding carboxylic acids is 5. The first-order valence-corrected chi connectivity index (χ1v) is 19.0. The number of carbonyl (C=O) groups is 5. The number of para-hydroxylation sites is 1. The molecule has 11 heteroatoms. The van der Waals surface area contributed by atoms with Crippen LogP contribution in [0.3, 0.4) is 0 Å². The first-order chi connectivity index (χ1) is 25.6. The molecule has 2 N–H and O–H groups in total. The lowest BCUT2D eigenvalue weighted by atomic mass is 9.76. The van der Waals surface area contributed by atoms with Gasteiger partial charge in [-0.15, -0.1) is 0 Å². The summed E-state index contributed by atoms with van der Waals surface area (Å²) in [6.07, 6.45) is 0.229. The number of ketones is 1. The zero-order valence-electron chi connectivity index (χ0n) is 34.3. The molecule has 4 rings (SSSR count). The van der Waals surface area contributed by atoms with Crippen molar-refractivity contribution in [1.82, 2.24) is 4.90 Å². The van der Waals surface area contributed by atoms with Gasteiger partial charge in [0.05, 0.1) is 5.69 Å². The minimum absolute atomic E-state index is 0.0356. The van der Waals surface area contributed by atoms with Gasteiger partial charge in [-0.25, -0.2) is 9.69 Å². The summed E-state index contributed by atoms with van der Waals surface area (Å²) >= 11 is 0. The molecule has 1 fully saturated rings. The third-order valence-electron chi connectivity index (χ3n) is 10.4. The van der Waals surface area contributed by atoms with Gasteiger partial charge in [0.25, 0.3) is 17.7 Å². The number of anilines is 2. The van der Waals surface area contributed by atoms with E-state index in [9.17, 15) is 24.0 Å². The van der Waals surface area contributed by atoms with Crippen LogP contribution < -0.4 is 20.1 Å². The zero-order chi connectivity index (χ0) is 41.1. The Morgan fingerprint density at radius 3 is 1.95 bits per heavy atom. The largest absolute Gasteiger partial charge is 0.480 e. The molecule has 3 aromatic rings. The number of rotatable bonds is 15. The second-order valence-corrected chi connectivity index (χ2v) is 16.9. The van der Waals surface area contributed by atoms with Crippen LogP contribution in [0.2, 0.25) is 0 Å². The highest BCUT2D eigenvalue weighted by Crippen LogP contribution is 2.40. The van der Waals surface area contributed by atoms with Gasteiger partial charge in [-0.3, -0.25) is 19.2 Å². The van der Waals surface area contributed by atoms with E-state index in [4.69, 9.17) is 14.2 Å². The summed E-state index contributed by atoms with van der Waals surface area (Å²) in [6, 6.07) is 17.9. The van der Waals surface area contributed by atoms with Crippen molar-refractivity contribution in [2.45, 2.75) is 131 Å². The maximum atomic E-state index is 14.1. The van der Waals surface area contributed by atoms with Gasteiger partial charge in [0, 0.05) is 16.7 Å². The standard InChI is InChI=1S/C44H57N3O8/c1-13-32(54-33-23-21-27(42(7,8)14-2)25-30(33)43(9,10)15-3)37(49)45-28-22-24-34(53-29-19-17-16-18-20-29)31(26-28)46-38(50)35(36(48)41(4,5)6)47-39(51)44(11,12)55-40(47)52/h16-26,32,35H,13-15H2,1-12H3,(H,45,49)(H,46,50). The molecule has 0 radical (unpaired) electrons. The zero-order valence-corrected chi connectivity index (χ0v) is 34.3. The normalized spacial score (nSPS) is 15.5. The molecular weight excluding hydrogens is 698 g/mol. The van der Waals surface area contributed by atoms with E-state index < -0.39 is 52.8 Å². The Hall–Kier alpha value is -5.19. The molecule has 0 spiro atoms. The maximum Gasteiger partial charge on any atom is 0.418 e. The van der Waals surface area contributed by atoms with Crippen LogP contribution in [0.5, 0.6) is 17.2 Å². The fraction of sp³-hybridized carbons (Fsp3) is 0.477. The second kappa shape index (κ2) is 16.3. The third kappa shape index (κ3) is 9.55. The summed E-state index contributed by atoms with van der Waals surface area (Å²) in [5, 5.41) is 5.62.